The Balaban J connectivity index is 2.09. The molecule has 32 heavy (non-hydrogen) atoms. The number of rotatable bonds is 7. The van der Waals surface area contributed by atoms with E-state index in [1.165, 1.54) is 26.4 Å². The normalized spacial score (nSPS) is 14.9. The lowest BCUT2D eigenvalue weighted by atomic mass is 10.0. The molecule has 1 N–H and O–H groups in total. The second-order valence-electron chi connectivity index (χ2n) is 6.41. The zero-order valence-electron chi connectivity index (χ0n) is 17.4. The number of thiocarbonyl (C=S) groups is 1. The van der Waals surface area contributed by atoms with Gasteiger partial charge < -0.3 is 14.2 Å². The van der Waals surface area contributed by atoms with Gasteiger partial charge in [0.15, 0.2) is 5.11 Å². The van der Waals surface area contributed by atoms with E-state index in [0.717, 1.165) is 11.0 Å². The summed E-state index contributed by atoms with van der Waals surface area (Å²) in [5, 5.41) is 13.8. The minimum atomic E-state index is -0.738. The number of hydrogen-bond donors (Lipinski definition) is 1. The standard InChI is InChI=1S/C21H19N3O7S/c1-4-31-14-7-5-6-13(10-14)23-20(26)15(19(25)22-21(23)32)8-12-9-16(24(27)28)18(30-3)11-17(12)29-2/h5-11H,4H2,1-3H3,(H,22,25,32)/b15-8-. The number of methoxy groups -OCH3 is 2. The largest absolute Gasteiger partial charge is 0.496 e. The van der Waals surface area contributed by atoms with Gasteiger partial charge in [-0.25, -0.2) is 0 Å². The van der Waals surface area contributed by atoms with Gasteiger partial charge in [-0.2, -0.15) is 0 Å². The minimum absolute atomic E-state index is 0.0241. The zero-order chi connectivity index (χ0) is 23.4. The van der Waals surface area contributed by atoms with E-state index in [4.69, 9.17) is 26.4 Å². The van der Waals surface area contributed by atoms with Crippen molar-refractivity contribution >= 4 is 46.6 Å². The molecule has 10 nitrogen and oxygen atoms in total. The first-order valence-electron chi connectivity index (χ1n) is 9.35. The van der Waals surface area contributed by atoms with Gasteiger partial charge in [0.2, 0.25) is 5.75 Å². The van der Waals surface area contributed by atoms with Crippen molar-refractivity contribution in [3.8, 4) is 17.2 Å². The van der Waals surface area contributed by atoms with Crippen LogP contribution in [-0.4, -0.2) is 42.7 Å². The van der Waals surface area contributed by atoms with Crippen LogP contribution in [0, 0.1) is 10.1 Å². The molecule has 2 aromatic carbocycles. The summed E-state index contributed by atoms with van der Waals surface area (Å²) in [5.74, 6) is -0.760. The average molecular weight is 457 g/mol. The fourth-order valence-corrected chi connectivity index (χ4v) is 3.37. The molecule has 0 aromatic heterocycles. The Labute approximate surface area is 188 Å². The van der Waals surface area contributed by atoms with Crippen LogP contribution in [0.4, 0.5) is 11.4 Å². The van der Waals surface area contributed by atoms with Gasteiger partial charge in [0, 0.05) is 23.8 Å². The number of hydrogen-bond acceptors (Lipinski definition) is 8. The fraction of sp³-hybridized carbons (Fsp3) is 0.190. The summed E-state index contributed by atoms with van der Waals surface area (Å²) in [6, 6.07) is 9.14. The molecule has 1 aliphatic rings. The first-order chi connectivity index (χ1) is 15.3. The molecule has 166 valence electrons. The Hall–Kier alpha value is -3.99. The molecule has 1 saturated heterocycles. The van der Waals surface area contributed by atoms with Gasteiger partial charge in [-0.15, -0.1) is 0 Å². The third-order valence-electron chi connectivity index (χ3n) is 4.52. The average Bonchev–Trinajstić information content (AvgIpc) is 2.76. The van der Waals surface area contributed by atoms with Gasteiger partial charge in [-0.1, -0.05) is 6.07 Å². The quantitative estimate of drug-likeness (QED) is 0.222. The third-order valence-corrected chi connectivity index (χ3v) is 4.80. The van der Waals surface area contributed by atoms with Gasteiger partial charge in [-0.3, -0.25) is 29.9 Å². The first-order valence-corrected chi connectivity index (χ1v) is 9.76. The van der Waals surface area contributed by atoms with Crippen LogP contribution in [0.5, 0.6) is 17.2 Å². The smallest absolute Gasteiger partial charge is 0.311 e. The van der Waals surface area contributed by atoms with Crippen molar-refractivity contribution in [3.05, 3.63) is 57.6 Å². The second-order valence-corrected chi connectivity index (χ2v) is 6.80. The van der Waals surface area contributed by atoms with E-state index < -0.39 is 16.7 Å². The van der Waals surface area contributed by atoms with Crippen LogP contribution in [0.3, 0.4) is 0 Å². The summed E-state index contributed by atoms with van der Waals surface area (Å²) >= 11 is 5.20. The lowest BCUT2D eigenvalue weighted by Crippen LogP contribution is -2.54. The number of amides is 2. The van der Waals surface area contributed by atoms with Crippen LogP contribution in [-0.2, 0) is 9.59 Å². The van der Waals surface area contributed by atoms with Crippen molar-refractivity contribution in [1.82, 2.24) is 5.32 Å². The highest BCUT2D eigenvalue weighted by atomic mass is 32.1. The van der Waals surface area contributed by atoms with E-state index in [9.17, 15) is 19.7 Å². The van der Waals surface area contributed by atoms with Crippen molar-refractivity contribution in [2.45, 2.75) is 6.92 Å². The number of carbonyl (C=O) groups is 2. The van der Waals surface area contributed by atoms with Crippen molar-refractivity contribution in [2.24, 2.45) is 0 Å². The van der Waals surface area contributed by atoms with Gasteiger partial charge in [0.05, 0.1) is 31.4 Å². The van der Waals surface area contributed by atoms with Gasteiger partial charge in [0.25, 0.3) is 11.8 Å². The van der Waals surface area contributed by atoms with Crippen LogP contribution < -0.4 is 24.4 Å². The molecule has 0 unspecified atom stereocenters. The highest BCUT2D eigenvalue weighted by molar-refractivity contribution is 7.80. The van der Waals surface area contributed by atoms with E-state index in [-0.39, 0.29) is 33.4 Å². The highest BCUT2D eigenvalue weighted by Crippen LogP contribution is 2.36. The van der Waals surface area contributed by atoms with Crippen molar-refractivity contribution < 1.29 is 28.7 Å². The summed E-state index contributed by atoms with van der Waals surface area (Å²) in [6.45, 7) is 2.26. The number of ether oxygens (including phenoxy) is 3. The van der Waals surface area contributed by atoms with Crippen LogP contribution in [0.2, 0.25) is 0 Å². The molecule has 1 fully saturated rings. The summed E-state index contributed by atoms with van der Waals surface area (Å²) < 4.78 is 15.8. The van der Waals surface area contributed by atoms with Crippen molar-refractivity contribution in [3.63, 3.8) is 0 Å². The van der Waals surface area contributed by atoms with Gasteiger partial charge in [0.1, 0.15) is 17.1 Å². The zero-order valence-corrected chi connectivity index (χ0v) is 18.2. The fourth-order valence-electron chi connectivity index (χ4n) is 3.09. The number of nitrogens with zero attached hydrogens (tertiary/aromatic N) is 2. The molecule has 11 heteroatoms. The van der Waals surface area contributed by atoms with Crippen molar-refractivity contribution in [1.29, 1.82) is 0 Å². The Kier molecular flexibility index (Phi) is 6.69. The van der Waals surface area contributed by atoms with E-state index in [2.05, 4.69) is 5.32 Å². The molecule has 0 aliphatic carbocycles. The Morgan fingerprint density at radius 2 is 1.88 bits per heavy atom. The van der Waals surface area contributed by atoms with Crippen LogP contribution in [0.1, 0.15) is 12.5 Å². The van der Waals surface area contributed by atoms with E-state index >= 15 is 0 Å². The predicted molar refractivity (Wildman–Crippen MR) is 120 cm³/mol. The molecule has 0 atom stereocenters. The van der Waals surface area contributed by atoms with Gasteiger partial charge >= 0.3 is 5.69 Å². The topological polar surface area (TPSA) is 120 Å². The Bertz CT molecular complexity index is 1150. The van der Waals surface area contributed by atoms with E-state index in [1.807, 2.05) is 6.92 Å². The third kappa shape index (κ3) is 4.37. The predicted octanol–water partition coefficient (Wildman–Crippen LogP) is 2.84. The molecule has 1 heterocycles. The number of carbonyl (C=O) groups excluding carboxylic acids is 2. The molecular weight excluding hydrogens is 438 g/mol. The highest BCUT2D eigenvalue weighted by Gasteiger charge is 2.35. The molecule has 1 aliphatic heterocycles. The molecule has 2 aromatic rings. The summed E-state index contributed by atoms with van der Waals surface area (Å²) in [5.41, 5.74) is -0.0855. The molecule has 0 bridgehead atoms. The minimum Gasteiger partial charge on any atom is -0.496 e. The van der Waals surface area contributed by atoms with Crippen LogP contribution in [0.25, 0.3) is 6.08 Å². The molecule has 0 radical (unpaired) electrons. The molecule has 2 amide bonds. The molecule has 0 spiro atoms. The maximum atomic E-state index is 13.2. The summed E-state index contributed by atoms with van der Waals surface area (Å²) in [7, 11) is 2.64. The number of nitro groups is 1. The Morgan fingerprint density at radius 3 is 2.50 bits per heavy atom. The summed E-state index contributed by atoms with van der Waals surface area (Å²) in [4.78, 5) is 37.7. The number of nitrogens with one attached hydrogen (secondary N) is 1. The Morgan fingerprint density at radius 1 is 1.16 bits per heavy atom. The second kappa shape index (κ2) is 9.43. The molecule has 3 rings (SSSR count). The van der Waals surface area contributed by atoms with Crippen LogP contribution >= 0.6 is 12.2 Å². The molecular formula is C21H19N3O7S. The monoisotopic (exact) mass is 457 g/mol. The lowest BCUT2D eigenvalue weighted by molar-refractivity contribution is -0.385. The lowest BCUT2D eigenvalue weighted by Gasteiger charge is -2.29. The van der Waals surface area contributed by atoms with E-state index in [1.54, 1.807) is 24.3 Å². The number of nitro benzene ring substituents is 1. The maximum absolute atomic E-state index is 13.2. The van der Waals surface area contributed by atoms with Gasteiger partial charge in [-0.05, 0) is 37.4 Å². The number of benzene rings is 2. The van der Waals surface area contributed by atoms with E-state index in [0.29, 0.717) is 18.0 Å². The first kappa shape index (κ1) is 22.7. The maximum Gasteiger partial charge on any atom is 0.311 e. The number of anilines is 1. The van der Waals surface area contributed by atoms with Crippen LogP contribution in [0.15, 0.2) is 42.0 Å². The van der Waals surface area contributed by atoms with Crippen molar-refractivity contribution in [2.75, 3.05) is 25.7 Å². The summed E-state index contributed by atoms with van der Waals surface area (Å²) in [6.07, 6.45) is 1.21. The molecule has 0 saturated carbocycles. The SMILES string of the molecule is CCOc1cccc(N2C(=O)/C(=C\c3cc([N+](=O)[O-])c(OC)cc3OC)C(=O)NC2=S)c1.